The third-order valence-corrected chi connectivity index (χ3v) is 1.31. The third kappa shape index (κ3) is 1.77. The Kier molecular flexibility index (Phi) is 0.792. The van der Waals surface area contributed by atoms with Gasteiger partial charge in [0.2, 0.25) is 0 Å². The zero-order chi connectivity index (χ0) is 13.5. The van der Waals surface area contributed by atoms with Crippen molar-refractivity contribution >= 4 is 15.9 Å². The third-order valence-electron chi connectivity index (χ3n) is 0.888. The molecule has 0 saturated heterocycles. The van der Waals surface area contributed by atoms with Crippen LogP contribution in [0.5, 0.6) is 0 Å². The molecule has 0 N–H and O–H groups in total. The van der Waals surface area contributed by atoms with Gasteiger partial charge >= 0.3 is 0 Å². The highest BCUT2D eigenvalue weighted by atomic mass is 79.9. The molecule has 0 bridgehead atoms. The SMILES string of the molecule is [2H]C([2H])([2H])C([2H])(c1ccc(Br)nn1)C([2H])([2H])[2H]. The lowest BCUT2D eigenvalue weighted by Crippen LogP contribution is -1.93. The van der Waals surface area contributed by atoms with Crippen molar-refractivity contribution in [2.24, 2.45) is 0 Å². The summed E-state index contributed by atoms with van der Waals surface area (Å²) in [7, 11) is 0. The Labute approximate surface area is 78.6 Å². The lowest BCUT2D eigenvalue weighted by molar-refractivity contribution is 0.780. The molecule has 0 aromatic carbocycles. The molecule has 1 aromatic heterocycles. The molecule has 0 spiro atoms. The van der Waals surface area contributed by atoms with E-state index in [9.17, 15) is 0 Å². The van der Waals surface area contributed by atoms with E-state index in [1.165, 1.54) is 12.1 Å². The van der Waals surface area contributed by atoms with Gasteiger partial charge in [0, 0.05) is 9.60 Å². The Morgan fingerprint density at radius 2 is 2.40 bits per heavy atom. The second-order valence-electron chi connectivity index (χ2n) is 1.62. The normalized spacial score (nSPS) is 24.3. The van der Waals surface area contributed by atoms with Gasteiger partial charge in [0.25, 0.3) is 0 Å². The summed E-state index contributed by atoms with van der Waals surface area (Å²) in [5.41, 5.74) is -0.402. The summed E-state index contributed by atoms with van der Waals surface area (Å²) < 4.78 is 51.6. The summed E-state index contributed by atoms with van der Waals surface area (Å²) >= 11 is 3.00. The van der Waals surface area contributed by atoms with E-state index < -0.39 is 25.3 Å². The summed E-state index contributed by atoms with van der Waals surface area (Å²) in [6, 6.07) is 2.52. The summed E-state index contributed by atoms with van der Waals surface area (Å²) in [6.45, 7) is -6.05. The van der Waals surface area contributed by atoms with Crippen LogP contribution in [-0.2, 0) is 0 Å². The zero-order valence-corrected chi connectivity index (χ0v) is 6.51. The van der Waals surface area contributed by atoms with Crippen molar-refractivity contribution in [3.8, 4) is 0 Å². The highest BCUT2D eigenvalue weighted by Crippen LogP contribution is 2.11. The zero-order valence-electron chi connectivity index (χ0n) is 11.9. The van der Waals surface area contributed by atoms with Gasteiger partial charge in [-0.1, -0.05) is 13.7 Å². The predicted molar refractivity (Wildman–Crippen MR) is 43.8 cm³/mol. The van der Waals surface area contributed by atoms with Crippen molar-refractivity contribution in [3.05, 3.63) is 22.4 Å². The smallest absolute Gasteiger partial charge is 0.128 e. The van der Waals surface area contributed by atoms with Crippen LogP contribution in [0.2, 0.25) is 0 Å². The van der Waals surface area contributed by atoms with E-state index in [4.69, 9.17) is 9.60 Å². The molecule has 2 nitrogen and oxygen atoms in total. The van der Waals surface area contributed by atoms with Gasteiger partial charge < -0.3 is 0 Å². The average Bonchev–Trinajstić information content (AvgIpc) is 2.14. The molecule has 3 heteroatoms. The monoisotopic (exact) mass is 207 g/mol. The molecular weight excluding hydrogens is 192 g/mol. The molecule has 54 valence electrons. The summed E-state index contributed by atoms with van der Waals surface area (Å²) in [6.07, 6.45) is 0. The van der Waals surface area contributed by atoms with Crippen LogP contribution in [-0.4, -0.2) is 10.2 Å². The molecular formula is C7H9BrN2. The quantitative estimate of drug-likeness (QED) is 0.707. The first-order valence-electron chi connectivity index (χ1n) is 6.00. The largest absolute Gasteiger partial charge is 0.154 e. The van der Waals surface area contributed by atoms with Crippen molar-refractivity contribution in [1.82, 2.24) is 10.2 Å². The van der Waals surface area contributed by atoms with Crippen LogP contribution in [0.3, 0.4) is 0 Å². The molecule has 0 aliphatic heterocycles. The lowest BCUT2D eigenvalue weighted by Gasteiger charge is -2.00. The molecule has 0 fully saturated rings. The molecule has 0 atom stereocenters. The number of nitrogens with zero attached hydrogens (tertiary/aromatic N) is 2. The highest BCUT2D eigenvalue weighted by Gasteiger charge is 1.99. The molecule has 0 saturated carbocycles. The summed E-state index contributed by atoms with van der Waals surface area (Å²) in [5, 5.41) is 7.00. The number of aromatic nitrogens is 2. The van der Waals surface area contributed by atoms with Gasteiger partial charge in [0.15, 0.2) is 0 Å². The van der Waals surface area contributed by atoms with E-state index in [0.717, 1.165) is 0 Å². The fraction of sp³-hybridized carbons (Fsp3) is 0.429. The van der Waals surface area contributed by atoms with E-state index in [2.05, 4.69) is 26.1 Å². The lowest BCUT2D eigenvalue weighted by atomic mass is 10.1. The van der Waals surface area contributed by atoms with Crippen LogP contribution < -0.4 is 0 Å². The standard InChI is InChI=1S/C7H9BrN2/c1-5(2)6-3-4-7(8)10-9-6/h3-5H,1-2H3/i1D3,2D3,5D. The van der Waals surface area contributed by atoms with Gasteiger partial charge in [-0.3, -0.25) is 0 Å². The molecule has 10 heavy (non-hydrogen) atoms. The van der Waals surface area contributed by atoms with E-state index >= 15 is 0 Å². The molecule has 0 unspecified atom stereocenters. The van der Waals surface area contributed by atoms with E-state index in [0.29, 0.717) is 4.60 Å². The van der Waals surface area contributed by atoms with Crippen LogP contribution in [0.25, 0.3) is 0 Å². The Bertz CT molecular complexity index is 382. The highest BCUT2D eigenvalue weighted by molar-refractivity contribution is 9.10. The van der Waals surface area contributed by atoms with Crippen LogP contribution in [0.1, 0.15) is 34.9 Å². The first kappa shape index (κ1) is 2.55. The van der Waals surface area contributed by atoms with Gasteiger partial charge in [-0.05, 0) is 34.0 Å². The minimum Gasteiger partial charge on any atom is -0.154 e. The molecule has 0 radical (unpaired) electrons. The van der Waals surface area contributed by atoms with E-state index in [1.54, 1.807) is 0 Å². The fourth-order valence-corrected chi connectivity index (χ4v) is 0.661. The minimum absolute atomic E-state index is 0.333. The van der Waals surface area contributed by atoms with Crippen molar-refractivity contribution in [1.29, 1.82) is 0 Å². The van der Waals surface area contributed by atoms with E-state index in [1.807, 2.05) is 0 Å². The number of hydrogen-bond acceptors (Lipinski definition) is 2. The number of rotatable bonds is 1. The maximum atomic E-state index is 7.79. The van der Waals surface area contributed by atoms with Gasteiger partial charge in [0.1, 0.15) is 4.60 Å². The molecule has 0 amide bonds. The minimum atomic E-state index is -3.03. The maximum Gasteiger partial charge on any atom is 0.128 e. The van der Waals surface area contributed by atoms with Gasteiger partial charge in [0.05, 0.1) is 5.69 Å². The van der Waals surface area contributed by atoms with Crippen molar-refractivity contribution in [2.75, 3.05) is 0 Å². The van der Waals surface area contributed by atoms with E-state index in [-0.39, 0.29) is 0 Å². The van der Waals surface area contributed by atoms with Crippen LogP contribution in [0.4, 0.5) is 0 Å². The number of halogens is 1. The second-order valence-corrected chi connectivity index (χ2v) is 2.43. The topological polar surface area (TPSA) is 25.8 Å². The Morgan fingerprint density at radius 3 is 2.90 bits per heavy atom. The van der Waals surface area contributed by atoms with Crippen molar-refractivity contribution in [3.63, 3.8) is 0 Å². The Morgan fingerprint density at radius 1 is 1.60 bits per heavy atom. The van der Waals surface area contributed by atoms with Gasteiger partial charge in [-0.25, -0.2) is 0 Å². The fourth-order valence-electron chi connectivity index (χ4n) is 0.449. The molecule has 1 rings (SSSR count). The summed E-state index contributed by atoms with van der Waals surface area (Å²) in [5.74, 6) is -2.78. The predicted octanol–water partition coefficient (Wildman–Crippen LogP) is 2.36. The maximum absolute atomic E-state index is 7.79. The van der Waals surface area contributed by atoms with Crippen molar-refractivity contribution < 1.29 is 9.60 Å². The van der Waals surface area contributed by atoms with Gasteiger partial charge in [-0.2, -0.15) is 5.10 Å². The molecule has 0 aliphatic rings. The van der Waals surface area contributed by atoms with Crippen LogP contribution >= 0.6 is 15.9 Å². The number of hydrogen-bond donors (Lipinski definition) is 0. The second kappa shape index (κ2) is 3.10. The van der Waals surface area contributed by atoms with Gasteiger partial charge in [-0.15, -0.1) is 5.10 Å². The molecule has 1 aromatic rings. The van der Waals surface area contributed by atoms with Crippen LogP contribution in [0.15, 0.2) is 16.7 Å². The molecule has 0 aliphatic carbocycles. The summed E-state index contributed by atoms with van der Waals surface area (Å²) in [4.78, 5) is 0. The molecule has 1 heterocycles. The Balaban J connectivity index is 3.41. The Hall–Kier alpha value is -0.440. The first-order chi connectivity index (χ1) is 7.50. The van der Waals surface area contributed by atoms with Crippen molar-refractivity contribution in [2.45, 2.75) is 19.6 Å². The average molecular weight is 208 g/mol. The van der Waals surface area contributed by atoms with Crippen LogP contribution in [0, 0.1) is 0 Å². The first-order valence-corrected chi connectivity index (χ1v) is 3.29.